The van der Waals surface area contributed by atoms with Crippen LogP contribution in [-0.2, 0) is 14.3 Å². The van der Waals surface area contributed by atoms with Crippen LogP contribution in [0.15, 0.2) is 12.7 Å². The van der Waals surface area contributed by atoms with E-state index >= 15 is 0 Å². The van der Waals surface area contributed by atoms with Crippen LogP contribution in [0.2, 0.25) is 0 Å². The van der Waals surface area contributed by atoms with E-state index in [1.807, 2.05) is 0 Å². The van der Waals surface area contributed by atoms with Gasteiger partial charge in [-0.25, -0.2) is 0 Å². The fourth-order valence-electron chi connectivity index (χ4n) is 1.30. The molecule has 0 rings (SSSR count). The van der Waals surface area contributed by atoms with Gasteiger partial charge in [0.1, 0.15) is 6.61 Å². The molecule has 0 fully saturated rings. The first kappa shape index (κ1) is 14.7. The molecule has 0 radical (unpaired) electrons. The Kier molecular flexibility index (Phi) is 9.36. The number of carbonyl (C=O) groups is 2. The zero-order valence-electron chi connectivity index (χ0n) is 9.61. The third kappa shape index (κ3) is 10.8. The lowest BCUT2D eigenvalue weighted by atomic mass is 10.1. The molecule has 16 heavy (non-hydrogen) atoms. The third-order valence-corrected chi connectivity index (χ3v) is 2.13. The van der Waals surface area contributed by atoms with E-state index in [-0.39, 0.29) is 19.0 Å². The molecule has 0 aliphatic rings. The summed E-state index contributed by atoms with van der Waals surface area (Å²) in [7, 11) is 0. The van der Waals surface area contributed by atoms with Gasteiger partial charge in [0.25, 0.3) is 0 Å². The van der Waals surface area contributed by atoms with Crippen LogP contribution in [0.25, 0.3) is 0 Å². The highest BCUT2D eigenvalue weighted by molar-refractivity contribution is 5.69. The summed E-state index contributed by atoms with van der Waals surface area (Å²) in [5.41, 5.74) is 0. The number of carboxylic acid groups (broad SMARTS) is 1. The lowest BCUT2D eigenvalue weighted by Crippen LogP contribution is -2.03. The van der Waals surface area contributed by atoms with Crippen molar-refractivity contribution < 1.29 is 19.4 Å². The van der Waals surface area contributed by atoms with E-state index in [1.165, 1.54) is 0 Å². The van der Waals surface area contributed by atoms with Gasteiger partial charge in [0.05, 0.1) is 0 Å². The molecule has 0 amide bonds. The maximum atomic E-state index is 11.0. The Hall–Kier alpha value is -1.32. The van der Waals surface area contributed by atoms with E-state index < -0.39 is 5.97 Å². The van der Waals surface area contributed by atoms with Crippen LogP contribution in [0, 0.1) is 0 Å². The average Bonchev–Trinajstić information content (AvgIpc) is 2.24. The summed E-state index contributed by atoms with van der Waals surface area (Å²) in [5.74, 6) is -0.932. The Labute approximate surface area is 96.3 Å². The molecule has 0 aliphatic carbocycles. The quantitative estimate of drug-likeness (QED) is 0.354. The minimum atomic E-state index is -0.743. The number of unbranched alkanes of at least 4 members (excludes halogenated alkanes) is 4. The highest BCUT2D eigenvalue weighted by Gasteiger charge is 2.01. The van der Waals surface area contributed by atoms with Crippen molar-refractivity contribution in [1.82, 2.24) is 0 Å². The fraction of sp³-hybridized carbons (Fsp3) is 0.667. The van der Waals surface area contributed by atoms with Crippen LogP contribution in [0.3, 0.4) is 0 Å². The number of carboxylic acids is 1. The van der Waals surface area contributed by atoms with E-state index in [4.69, 9.17) is 9.84 Å². The molecule has 4 heteroatoms. The highest BCUT2D eigenvalue weighted by atomic mass is 16.5. The second-order valence-electron chi connectivity index (χ2n) is 3.63. The Morgan fingerprint density at radius 2 is 1.62 bits per heavy atom. The number of hydrogen-bond acceptors (Lipinski definition) is 3. The lowest BCUT2D eigenvalue weighted by Gasteiger charge is -2.01. The zero-order chi connectivity index (χ0) is 12.2. The van der Waals surface area contributed by atoms with Gasteiger partial charge in [0.2, 0.25) is 0 Å². The smallest absolute Gasteiger partial charge is 0.306 e. The number of aliphatic carboxylic acids is 1. The van der Waals surface area contributed by atoms with Crippen LogP contribution >= 0.6 is 0 Å². The Morgan fingerprint density at radius 1 is 1.06 bits per heavy atom. The molecule has 92 valence electrons. The Bertz CT molecular complexity index is 223. The summed E-state index contributed by atoms with van der Waals surface area (Å²) in [5, 5.41) is 8.40. The number of carbonyl (C=O) groups excluding carboxylic acids is 1. The van der Waals surface area contributed by atoms with Gasteiger partial charge in [0.15, 0.2) is 0 Å². The summed E-state index contributed by atoms with van der Waals surface area (Å²) in [4.78, 5) is 21.2. The van der Waals surface area contributed by atoms with Crippen molar-refractivity contribution in [3.63, 3.8) is 0 Å². The summed E-state index contributed by atoms with van der Waals surface area (Å²) >= 11 is 0. The zero-order valence-corrected chi connectivity index (χ0v) is 9.61. The maximum absolute atomic E-state index is 11.0. The Morgan fingerprint density at radius 3 is 2.19 bits per heavy atom. The van der Waals surface area contributed by atoms with Gasteiger partial charge in [-0.1, -0.05) is 31.9 Å². The van der Waals surface area contributed by atoms with Crippen molar-refractivity contribution in [3.8, 4) is 0 Å². The SMILES string of the molecule is C=CCOC(=O)CCCCCCCC(=O)O. The largest absolute Gasteiger partial charge is 0.481 e. The van der Waals surface area contributed by atoms with Crippen LogP contribution < -0.4 is 0 Å². The maximum Gasteiger partial charge on any atom is 0.306 e. The molecule has 0 aromatic rings. The second kappa shape index (κ2) is 10.2. The molecular formula is C12H20O4. The first-order chi connectivity index (χ1) is 7.66. The molecule has 0 spiro atoms. The minimum Gasteiger partial charge on any atom is -0.481 e. The Balaban J connectivity index is 3.17. The molecule has 0 heterocycles. The van der Waals surface area contributed by atoms with E-state index in [0.717, 1.165) is 32.1 Å². The van der Waals surface area contributed by atoms with Crippen molar-refractivity contribution in [1.29, 1.82) is 0 Å². The summed E-state index contributed by atoms with van der Waals surface area (Å²) < 4.78 is 4.82. The van der Waals surface area contributed by atoms with E-state index in [9.17, 15) is 9.59 Å². The predicted octanol–water partition coefficient (Wildman–Crippen LogP) is 2.53. The van der Waals surface area contributed by atoms with Crippen LogP contribution in [0.1, 0.15) is 44.9 Å². The van der Waals surface area contributed by atoms with Crippen LogP contribution in [0.5, 0.6) is 0 Å². The molecule has 0 saturated carbocycles. The molecule has 1 N–H and O–H groups in total. The van der Waals surface area contributed by atoms with Crippen molar-refractivity contribution in [2.75, 3.05) is 6.61 Å². The molecule has 0 saturated heterocycles. The molecule has 0 aromatic carbocycles. The number of hydrogen-bond donors (Lipinski definition) is 1. The second-order valence-corrected chi connectivity index (χ2v) is 3.63. The first-order valence-corrected chi connectivity index (χ1v) is 5.65. The van der Waals surface area contributed by atoms with E-state index in [0.29, 0.717) is 6.42 Å². The first-order valence-electron chi connectivity index (χ1n) is 5.65. The molecule has 4 nitrogen and oxygen atoms in total. The molecule has 0 aromatic heterocycles. The topological polar surface area (TPSA) is 63.6 Å². The van der Waals surface area contributed by atoms with Gasteiger partial charge in [-0.3, -0.25) is 9.59 Å². The fourth-order valence-corrected chi connectivity index (χ4v) is 1.30. The van der Waals surface area contributed by atoms with Gasteiger partial charge < -0.3 is 9.84 Å². The van der Waals surface area contributed by atoms with Crippen LogP contribution in [-0.4, -0.2) is 23.7 Å². The molecule has 0 unspecified atom stereocenters. The summed E-state index contributed by atoms with van der Waals surface area (Å²) in [6.45, 7) is 3.73. The normalized spacial score (nSPS) is 9.75. The highest BCUT2D eigenvalue weighted by Crippen LogP contribution is 2.07. The predicted molar refractivity (Wildman–Crippen MR) is 61.1 cm³/mol. The number of rotatable bonds is 10. The van der Waals surface area contributed by atoms with Crippen molar-refractivity contribution in [3.05, 3.63) is 12.7 Å². The monoisotopic (exact) mass is 228 g/mol. The standard InChI is InChI=1S/C12H20O4/c1-2-10-16-12(15)9-7-5-3-4-6-8-11(13)14/h2H,1,3-10H2,(H,13,14). The van der Waals surface area contributed by atoms with Gasteiger partial charge >= 0.3 is 11.9 Å². The minimum absolute atomic E-state index is 0.189. The molecule has 0 bridgehead atoms. The van der Waals surface area contributed by atoms with Gasteiger partial charge in [0, 0.05) is 12.8 Å². The van der Waals surface area contributed by atoms with Gasteiger partial charge in [-0.2, -0.15) is 0 Å². The number of ether oxygens (including phenoxy) is 1. The van der Waals surface area contributed by atoms with Crippen molar-refractivity contribution in [2.45, 2.75) is 44.9 Å². The summed E-state index contributed by atoms with van der Waals surface area (Å²) in [6, 6.07) is 0. The molecule has 0 atom stereocenters. The summed E-state index contributed by atoms with van der Waals surface area (Å²) in [6.07, 6.45) is 6.58. The number of esters is 1. The van der Waals surface area contributed by atoms with E-state index in [1.54, 1.807) is 6.08 Å². The third-order valence-electron chi connectivity index (χ3n) is 2.13. The van der Waals surface area contributed by atoms with Crippen molar-refractivity contribution >= 4 is 11.9 Å². The van der Waals surface area contributed by atoms with Crippen molar-refractivity contribution in [2.24, 2.45) is 0 Å². The van der Waals surface area contributed by atoms with Gasteiger partial charge in [-0.15, -0.1) is 0 Å². The average molecular weight is 228 g/mol. The van der Waals surface area contributed by atoms with Gasteiger partial charge in [-0.05, 0) is 12.8 Å². The van der Waals surface area contributed by atoms with Crippen LogP contribution in [0.4, 0.5) is 0 Å². The van der Waals surface area contributed by atoms with E-state index in [2.05, 4.69) is 6.58 Å². The molecule has 0 aliphatic heterocycles. The lowest BCUT2D eigenvalue weighted by molar-refractivity contribution is -0.142. The molecular weight excluding hydrogens is 208 g/mol.